The lowest BCUT2D eigenvalue weighted by Crippen LogP contribution is -2.34. The predicted molar refractivity (Wildman–Crippen MR) is 121 cm³/mol. The first kappa shape index (κ1) is 24.6. The van der Waals surface area contributed by atoms with E-state index in [1.807, 2.05) is 33.8 Å². The van der Waals surface area contributed by atoms with Gasteiger partial charge in [-0.1, -0.05) is 6.92 Å². The van der Waals surface area contributed by atoms with E-state index in [4.69, 9.17) is 15.3 Å². The van der Waals surface area contributed by atoms with Gasteiger partial charge in [-0.05, 0) is 52.2 Å². The molecule has 0 saturated carbocycles. The van der Waals surface area contributed by atoms with Crippen molar-refractivity contribution in [2.24, 2.45) is 5.73 Å². The first-order valence-corrected chi connectivity index (χ1v) is 11.3. The topological polar surface area (TPSA) is 123 Å². The number of nitrogens with zero attached hydrogens (tertiary/aromatic N) is 5. The van der Waals surface area contributed by atoms with Crippen molar-refractivity contribution in [3.8, 4) is 0 Å². The molecular weight excluding hydrogens is 428 g/mol. The zero-order chi connectivity index (χ0) is 24.2. The van der Waals surface area contributed by atoms with Gasteiger partial charge in [0.1, 0.15) is 11.3 Å². The molecule has 2 saturated heterocycles. The molecule has 4 heterocycles. The van der Waals surface area contributed by atoms with Crippen molar-refractivity contribution in [2.45, 2.75) is 58.6 Å². The Labute approximate surface area is 194 Å². The molecule has 182 valence electrons. The van der Waals surface area contributed by atoms with E-state index >= 15 is 0 Å². The van der Waals surface area contributed by atoms with Gasteiger partial charge in [-0.2, -0.15) is 10.2 Å². The Morgan fingerprint density at radius 2 is 1.94 bits per heavy atom. The van der Waals surface area contributed by atoms with E-state index in [1.165, 1.54) is 5.06 Å². The molecule has 11 nitrogen and oxygen atoms in total. The number of nitrogens with two attached hydrogens (primary N) is 1. The summed E-state index contributed by atoms with van der Waals surface area (Å²) >= 11 is 0. The third-order valence-corrected chi connectivity index (χ3v) is 5.23. The second kappa shape index (κ2) is 10.2. The van der Waals surface area contributed by atoms with Crippen LogP contribution in [0, 0.1) is 0 Å². The van der Waals surface area contributed by atoms with Crippen molar-refractivity contribution in [1.82, 2.24) is 24.6 Å². The third kappa shape index (κ3) is 6.25. The molecule has 0 aliphatic carbocycles. The van der Waals surface area contributed by atoms with Crippen molar-refractivity contribution >= 4 is 23.7 Å². The molecule has 11 heteroatoms. The van der Waals surface area contributed by atoms with Gasteiger partial charge in [0.2, 0.25) is 0 Å². The van der Waals surface area contributed by atoms with Gasteiger partial charge >= 0.3 is 12.1 Å². The third-order valence-electron chi connectivity index (χ3n) is 5.23. The van der Waals surface area contributed by atoms with Gasteiger partial charge in [-0.15, -0.1) is 0 Å². The molecule has 4 amide bonds. The van der Waals surface area contributed by atoms with Crippen molar-refractivity contribution in [3.05, 3.63) is 24.0 Å². The Balaban J connectivity index is 0.000000218. The summed E-state index contributed by atoms with van der Waals surface area (Å²) in [5.41, 5.74) is 5.87. The Hall–Kier alpha value is -3.08. The van der Waals surface area contributed by atoms with Crippen LogP contribution < -0.4 is 5.73 Å². The van der Waals surface area contributed by atoms with Crippen LogP contribution in [0.15, 0.2) is 18.3 Å². The fourth-order valence-electron chi connectivity index (χ4n) is 3.71. The van der Waals surface area contributed by atoms with Gasteiger partial charge in [-0.25, -0.2) is 14.3 Å². The Bertz CT molecular complexity index is 899. The second-order valence-electron chi connectivity index (χ2n) is 9.23. The van der Waals surface area contributed by atoms with Gasteiger partial charge in [0.05, 0.1) is 24.9 Å². The molecule has 0 aromatic carbocycles. The number of likely N-dealkylation sites (tertiary alicyclic amines) is 1. The van der Waals surface area contributed by atoms with Crippen LogP contribution in [-0.4, -0.2) is 87.1 Å². The number of rotatable bonds is 5. The second-order valence-corrected chi connectivity index (χ2v) is 9.23. The highest BCUT2D eigenvalue weighted by Gasteiger charge is 2.41. The fourth-order valence-corrected chi connectivity index (χ4v) is 3.71. The number of urea groups is 1. The van der Waals surface area contributed by atoms with E-state index in [9.17, 15) is 14.4 Å². The summed E-state index contributed by atoms with van der Waals surface area (Å²) in [7, 11) is 0. The number of amides is 4. The number of primary amides is 1. The van der Waals surface area contributed by atoms with Gasteiger partial charge < -0.3 is 20.3 Å². The summed E-state index contributed by atoms with van der Waals surface area (Å²) in [4.78, 5) is 43.6. The molecule has 3 aliphatic heterocycles. The lowest BCUT2D eigenvalue weighted by Gasteiger charge is -2.23. The van der Waals surface area contributed by atoms with E-state index in [-0.39, 0.29) is 29.5 Å². The first-order valence-electron chi connectivity index (χ1n) is 11.3. The monoisotopic (exact) mass is 462 g/mol. The Morgan fingerprint density at radius 3 is 2.52 bits per heavy atom. The van der Waals surface area contributed by atoms with E-state index < -0.39 is 5.91 Å². The summed E-state index contributed by atoms with van der Waals surface area (Å²) < 4.78 is 6.79. The number of ether oxygens (including phenoxy) is 1. The molecule has 1 atom stereocenters. The van der Waals surface area contributed by atoms with E-state index in [1.54, 1.807) is 26.7 Å². The maximum Gasteiger partial charge on any atom is 0.410 e. The van der Waals surface area contributed by atoms with Crippen LogP contribution in [0.25, 0.3) is 5.70 Å². The summed E-state index contributed by atoms with van der Waals surface area (Å²) in [6.07, 6.45) is 6.50. The molecule has 0 radical (unpaired) electrons. The Morgan fingerprint density at radius 1 is 1.24 bits per heavy atom. The normalized spacial score (nSPS) is 19.9. The van der Waals surface area contributed by atoms with Crippen molar-refractivity contribution in [2.75, 3.05) is 32.8 Å². The largest absolute Gasteiger partial charge is 0.444 e. The number of hydrogen-bond donors (Lipinski definition) is 1. The average Bonchev–Trinajstić information content (AvgIpc) is 3.48. The lowest BCUT2D eigenvalue weighted by atomic mass is 10.2. The molecule has 33 heavy (non-hydrogen) atoms. The van der Waals surface area contributed by atoms with Crippen LogP contribution in [0.4, 0.5) is 9.59 Å². The number of aromatic nitrogens is 2. The molecule has 2 N–H and O–H groups in total. The predicted octanol–water partition coefficient (Wildman–Crippen LogP) is 2.30. The smallest absolute Gasteiger partial charge is 0.410 e. The average molecular weight is 463 g/mol. The maximum absolute atomic E-state index is 12.2. The number of carbonyl (C=O) groups excluding carboxylic acids is 3. The van der Waals surface area contributed by atoms with Crippen LogP contribution in [0.3, 0.4) is 0 Å². The molecular formula is C22H34N6O5. The molecule has 4 rings (SSSR count). The highest BCUT2D eigenvalue weighted by atomic mass is 16.7. The molecule has 1 unspecified atom stereocenters. The van der Waals surface area contributed by atoms with Crippen LogP contribution in [0.2, 0.25) is 0 Å². The van der Waals surface area contributed by atoms with E-state index in [0.717, 1.165) is 38.0 Å². The minimum atomic E-state index is -0.572. The molecule has 1 aromatic rings. The minimum Gasteiger partial charge on any atom is -0.444 e. The van der Waals surface area contributed by atoms with Crippen LogP contribution >= 0.6 is 0 Å². The number of fused-ring (bicyclic) bond motifs is 2. The zero-order valence-corrected chi connectivity index (χ0v) is 19.8. The summed E-state index contributed by atoms with van der Waals surface area (Å²) in [6, 6.07) is 1.29. The van der Waals surface area contributed by atoms with Gasteiger partial charge in [-0.3, -0.25) is 9.63 Å². The quantitative estimate of drug-likeness (QED) is 0.716. The van der Waals surface area contributed by atoms with Crippen molar-refractivity contribution < 1.29 is 24.0 Å². The molecule has 3 aliphatic rings. The number of carbonyl (C=O) groups is 3. The standard InChI is InChI=1S/C13H17N5O3.C9H17NO2/c1-2-5-21-18-10-6-9(7-16(8-10)13(18)20)17-4-3-11(15-17)12(14)19;1-9(2,3)12-8(11)10-6-4-5-7-10/h3-4,6,10H,2,5,7-8H2,1H3,(H2,14,19);4-7H2,1-3H3. The highest BCUT2D eigenvalue weighted by molar-refractivity contribution is 5.90. The number of hydrogen-bond acceptors (Lipinski definition) is 6. The summed E-state index contributed by atoms with van der Waals surface area (Å²) in [6.45, 7) is 10.9. The summed E-state index contributed by atoms with van der Waals surface area (Å²) in [5.74, 6) is -0.572. The van der Waals surface area contributed by atoms with Gasteiger partial charge in [0.25, 0.3) is 5.91 Å². The lowest BCUT2D eigenvalue weighted by molar-refractivity contribution is -0.119. The minimum absolute atomic E-state index is 0.131. The maximum atomic E-state index is 12.2. The first-order chi connectivity index (χ1) is 15.6. The van der Waals surface area contributed by atoms with Crippen LogP contribution in [0.5, 0.6) is 0 Å². The Kier molecular flexibility index (Phi) is 7.62. The summed E-state index contributed by atoms with van der Waals surface area (Å²) in [5, 5.41) is 5.53. The fraction of sp³-hybridized carbons (Fsp3) is 0.636. The zero-order valence-electron chi connectivity index (χ0n) is 19.8. The SMILES string of the molecule is CC(C)(C)OC(=O)N1CCCC1.CCCON1C(=O)N2CC(n3ccc(C(N)=O)n3)=CC1C2. The van der Waals surface area contributed by atoms with Crippen molar-refractivity contribution in [1.29, 1.82) is 0 Å². The van der Waals surface area contributed by atoms with E-state index in [0.29, 0.717) is 19.7 Å². The van der Waals surface area contributed by atoms with Crippen molar-refractivity contribution in [3.63, 3.8) is 0 Å². The molecule has 2 bridgehead atoms. The van der Waals surface area contributed by atoms with Gasteiger partial charge in [0.15, 0.2) is 0 Å². The highest BCUT2D eigenvalue weighted by Crippen LogP contribution is 2.26. The molecule has 1 aromatic heterocycles. The number of hydroxylamine groups is 2. The van der Waals surface area contributed by atoms with Crippen LogP contribution in [-0.2, 0) is 9.57 Å². The van der Waals surface area contributed by atoms with Gasteiger partial charge in [0, 0.05) is 25.8 Å². The van der Waals surface area contributed by atoms with Crippen LogP contribution in [0.1, 0.15) is 57.4 Å². The molecule has 0 spiro atoms. The van der Waals surface area contributed by atoms with E-state index in [2.05, 4.69) is 5.10 Å². The molecule has 2 fully saturated rings.